The Morgan fingerprint density at radius 1 is 1.05 bits per heavy atom. The third-order valence-corrected chi connectivity index (χ3v) is 2.63. The number of nitrogens with one attached hydrogen (secondary N) is 1. The van der Waals surface area contributed by atoms with Gasteiger partial charge in [0.1, 0.15) is 18.5 Å². The van der Waals surface area contributed by atoms with E-state index in [0.717, 1.165) is 17.1 Å². The van der Waals surface area contributed by atoms with Gasteiger partial charge >= 0.3 is 0 Å². The summed E-state index contributed by atoms with van der Waals surface area (Å²) in [6, 6.07) is 3.91. The zero-order valence-corrected chi connectivity index (χ0v) is 10.1. The minimum atomic E-state index is 0.674. The fourth-order valence-electron chi connectivity index (χ4n) is 1.66. The first-order chi connectivity index (χ1) is 9.42. The number of aromatic nitrogens is 5. The van der Waals surface area contributed by atoms with E-state index in [1.165, 1.54) is 6.33 Å². The summed E-state index contributed by atoms with van der Waals surface area (Å²) in [4.78, 5) is 16.3. The number of anilines is 1. The lowest BCUT2D eigenvalue weighted by molar-refractivity contribution is 0.988. The molecule has 0 aliphatic heterocycles. The van der Waals surface area contributed by atoms with Crippen LogP contribution in [0.25, 0.3) is 5.82 Å². The molecule has 94 valence electrons. The molecule has 0 aliphatic carbocycles. The Bertz CT molecular complexity index is 618. The maximum absolute atomic E-state index is 4.36. The maximum Gasteiger partial charge on any atom is 0.137 e. The third kappa shape index (κ3) is 2.74. The molecule has 0 aromatic carbocycles. The summed E-state index contributed by atoms with van der Waals surface area (Å²) in [6.07, 6.45) is 12.2. The van der Waals surface area contributed by atoms with Gasteiger partial charge in [0.25, 0.3) is 0 Å². The fourth-order valence-corrected chi connectivity index (χ4v) is 1.66. The van der Waals surface area contributed by atoms with E-state index in [2.05, 4.69) is 25.3 Å². The molecule has 19 heavy (non-hydrogen) atoms. The smallest absolute Gasteiger partial charge is 0.137 e. The summed E-state index contributed by atoms with van der Waals surface area (Å²) >= 11 is 0. The Kier molecular flexibility index (Phi) is 3.14. The van der Waals surface area contributed by atoms with E-state index < -0.39 is 0 Å². The molecule has 0 unspecified atom stereocenters. The van der Waals surface area contributed by atoms with Crippen LogP contribution in [0.15, 0.2) is 55.8 Å². The van der Waals surface area contributed by atoms with Crippen molar-refractivity contribution in [3.8, 4) is 5.82 Å². The van der Waals surface area contributed by atoms with Gasteiger partial charge in [-0.25, -0.2) is 19.9 Å². The van der Waals surface area contributed by atoms with E-state index in [0.29, 0.717) is 6.54 Å². The number of imidazole rings is 1. The number of hydrogen-bond donors (Lipinski definition) is 1. The molecule has 6 heteroatoms. The zero-order chi connectivity index (χ0) is 12.9. The highest BCUT2D eigenvalue weighted by Gasteiger charge is 1.98. The van der Waals surface area contributed by atoms with Gasteiger partial charge in [-0.3, -0.25) is 4.57 Å². The number of pyridine rings is 1. The van der Waals surface area contributed by atoms with Crippen LogP contribution in [0.1, 0.15) is 5.56 Å². The van der Waals surface area contributed by atoms with Crippen LogP contribution < -0.4 is 5.32 Å². The van der Waals surface area contributed by atoms with Crippen molar-refractivity contribution in [1.82, 2.24) is 24.5 Å². The second-order valence-electron chi connectivity index (χ2n) is 3.98. The Hall–Kier alpha value is -2.76. The van der Waals surface area contributed by atoms with Crippen LogP contribution in [-0.4, -0.2) is 24.5 Å². The molecule has 3 rings (SSSR count). The molecule has 0 bridgehead atoms. The van der Waals surface area contributed by atoms with Crippen LogP contribution in [0, 0.1) is 0 Å². The summed E-state index contributed by atoms with van der Waals surface area (Å²) in [5.74, 6) is 0.839. The highest BCUT2D eigenvalue weighted by molar-refractivity contribution is 5.43. The molecule has 3 aromatic rings. The van der Waals surface area contributed by atoms with Gasteiger partial charge in [0.2, 0.25) is 0 Å². The van der Waals surface area contributed by atoms with Crippen LogP contribution in [-0.2, 0) is 6.54 Å². The van der Waals surface area contributed by atoms with Gasteiger partial charge in [0.15, 0.2) is 0 Å². The quantitative estimate of drug-likeness (QED) is 0.765. The fraction of sp³-hybridized carbons (Fsp3) is 0.0769. The SMILES string of the molecule is c1cn(-c2ccc(NCc3cncnc3)cn2)cn1. The van der Waals surface area contributed by atoms with Gasteiger partial charge in [0, 0.05) is 36.9 Å². The van der Waals surface area contributed by atoms with E-state index in [9.17, 15) is 0 Å². The predicted molar refractivity (Wildman–Crippen MR) is 70.7 cm³/mol. The predicted octanol–water partition coefficient (Wildman–Crippen LogP) is 1.67. The first-order valence-electron chi connectivity index (χ1n) is 5.84. The molecule has 0 fully saturated rings. The average molecular weight is 252 g/mol. The molecule has 1 N–H and O–H groups in total. The molecule has 3 aromatic heterocycles. The molecule has 0 saturated heterocycles. The zero-order valence-electron chi connectivity index (χ0n) is 10.1. The van der Waals surface area contributed by atoms with E-state index in [1.807, 2.05) is 22.9 Å². The van der Waals surface area contributed by atoms with Crippen LogP contribution in [0.5, 0.6) is 0 Å². The topological polar surface area (TPSA) is 68.5 Å². The first kappa shape index (κ1) is 11.3. The Labute approximate surface area is 110 Å². The van der Waals surface area contributed by atoms with Crippen molar-refractivity contribution in [2.45, 2.75) is 6.54 Å². The summed E-state index contributed by atoms with van der Waals surface area (Å²) in [5, 5.41) is 3.27. The van der Waals surface area contributed by atoms with Crippen molar-refractivity contribution >= 4 is 5.69 Å². The molecule has 6 nitrogen and oxygen atoms in total. The molecule has 0 saturated carbocycles. The van der Waals surface area contributed by atoms with E-state index in [4.69, 9.17) is 0 Å². The molecular weight excluding hydrogens is 240 g/mol. The monoisotopic (exact) mass is 252 g/mol. The standard InChI is InChI=1S/C13H12N6/c1-2-13(19-4-3-14-10-19)18-8-12(1)17-7-11-5-15-9-16-6-11/h1-6,8-10,17H,7H2. The van der Waals surface area contributed by atoms with Gasteiger partial charge in [-0.05, 0) is 12.1 Å². The molecule has 0 aliphatic rings. The van der Waals surface area contributed by atoms with Crippen molar-refractivity contribution < 1.29 is 0 Å². The highest BCUT2D eigenvalue weighted by atomic mass is 15.1. The second-order valence-corrected chi connectivity index (χ2v) is 3.98. The van der Waals surface area contributed by atoms with E-state index in [1.54, 1.807) is 31.1 Å². The van der Waals surface area contributed by atoms with Crippen LogP contribution in [0.2, 0.25) is 0 Å². The van der Waals surface area contributed by atoms with Gasteiger partial charge in [-0.15, -0.1) is 0 Å². The maximum atomic E-state index is 4.36. The van der Waals surface area contributed by atoms with Crippen molar-refractivity contribution in [3.05, 3.63) is 61.3 Å². The molecule has 0 amide bonds. The lowest BCUT2D eigenvalue weighted by atomic mass is 10.3. The number of nitrogens with zero attached hydrogens (tertiary/aromatic N) is 5. The lowest BCUT2D eigenvalue weighted by Crippen LogP contribution is -2.01. The third-order valence-electron chi connectivity index (χ3n) is 2.63. The largest absolute Gasteiger partial charge is 0.380 e. The Morgan fingerprint density at radius 3 is 2.63 bits per heavy atom. The lowest BCUT2D eigenvalue weighted by Gasteiger charge is -2.06. The van der Waals surface area contributed by atoms with Crippen molar-refractivity contribution in [2.24, 2.45) is 0 Å². The minimum Gasteiger partial charge on any atom is -0.380 e. The van der Waals surface area contributed by atoms with Gasteiger partial charge in [-0.2, -0.15) is 0 Å². The van der Waals surface area contributed by atoms with Crippen molar-refractivity contribution in [3.63, 3.8) is 0 Å². The summed E-state index contributed by atoms with van der Waals surface area (Å²) in [6.45, 7) is 0.674. The highest BCUT2D eigenvalue weighted by Crippen LogP contribution is 2.10. The number of hydrogen-bond acceptors (Lipinski definition) is 5. The molecule has 3 heterocycles. The molecular formula is C13H12N6. The summed E-state index contributed by atoms with van der Waals surface area (Å²) < 4.78 is 1.86. The van der Waals surface area contributed by atoms with E-state index >= 15 is 0 Å². The van der Waals surface area contributed by atoms with Gasteiger partial charge in [-0.1, -0.05) is 0 Å². The number of rotatable bonds is 4. The second kappa shape index (κ2) is 5.26. The molecule has 0 atom stereocenters. The van der Waals surface area contributed by atoms with E-state index in [-0.39, 0.29) is 0 Å². The van der Waals surface area contributed by atoms with Crippen LogP contribution >= 0.6 is 0 Å². The molecule has 0 radical (unpaired) electrons. The Morgan fingerprint density at radius 2 is 1.95 bits per heavy atom. The summed E-state index contributed by atoms with van der Waals surface area (Å²) in [5.41, 5.74) is 1.98. The molecule has 0 spiro atoms. The average Bonchev–Trinajstić information content (AvgIpc) is 3.01. The normalized spacial score (nSPS) is 10.3. The van der Waals surface area contributed by atoms with Crippen molar-refractivity contribution in [2.75, 3.05) is 5.32 Å². The van der Waals surface area contributed by atoms with Gasteiger partial charge in [0.05, 0.1) is 11.9 Å². The summed E-state index contributed by atoms with van der Waals surface area (Å²) in [7, 11) is 0. The van der Waals surface area contributed by atoms with Crippen LogP contribution in [0.4, 0.5) is 5.69 Å². The van der Waals surface area contributed by atoms with Crippen molar-refractivity contribution in [1.29, 1.82) is 0 Å². The minimum absolute atomic E-state index is 0.674. The Balaban J connectivity index is 1.67. The first-order valence-corrected chi connectivity index (χ1v) is 5.84. The van der Waals surface area contributed by atoms with Crippen LogP contribution in [0.3, 0.4) is 0 Å². The van der Waals surface area contributed by atoms with Gasteiger partial charge < -0.3 is 5.32 Å².